The van der Waals surface area contributed by atoms with Gasteiger partial charge in [-0.15, -0.1) is 0 Å². The molecule has 0 saturated carbocycles. The summed E-state index contributed by atoms with van der Waals surface area (Å²) in [5.74, 6) is 0.0406. The second-order valence-electron chi connectivity index (χ2n) is 8.82. The van der Waals surface area contributed by atoms with Gasteiger partial charge in [0.2, 0.25) is 0 Å². The molecule has 0 aliphatic carbocycles. The van der Waals surface area contributed by atoms with Crippen LogP contribution in [0.1, 0.15) is 49.5 Å². The van der Waals surface area contributed by atoms with Gasteiger partial charge >= 0.3 is 0 Å². The Morgan fingerprint density at radius 1 is 1.12 bits per heavy atom. The Balaban J connectivity index is 1.78. The Labute approximate surface area is 203 Å². The van der Waals surface area contributed by atoms with Gasteiger partial charge in [-0.05, 0) is 63.1 Å². The van der Waals surface area contributed by atoms with Crippen molar-refractivity contribution >= 4 is 34.3 Å². The normalized spacial score (nSPS) is 12.6. The van der Waals surface area contributed by atoms with Crippen molar-refractivity contribution in [3.8, 4) is 11.1 Å². The predicted molar refractivity (Wildman–Crippen MR) is 136 cm³/mol. The van der Waals surface area contributed by atoms with Gasteiger partial charge in [-0.25, -0.2) is 14.4 Å². The highest BCUT2D eigenvalue weighted by Gasteiger charge is 2.20. The number of fused-ring (bicyclic) bond motifs is 1. The summed E-state index contributed by atoms with van der Waals surface area (Å²) in [4.78, 5) is 13.2. The molecule has 34 heavy (non-hydrogen) atoms. The van der Waals surface area contributed by atoms with Crippen LogP contribution in [0.2, 0.25) is 5.02 Å². The van der Waals surface area contributed by atoms with Gasteiger partial charge in [0.15, 0.2) is 5.82 Å². The van der Waals surface area contributed by atoms with Crippen LogP contribution in [-0.2, 0) is 5.60 Å². The van der Waals surface area contributed by atoms with Gasteiger partial charge in [-0.3, -0.25) is 4.98 Å². The van der Waals surface area contributed by atoms with E-state index in [2.05, 4.69) is 26.8 Å². The van der Waals surface area contributed by atoms with Crippen LogP contribution in [0.4, 0.5) is 10.1 Å². The number of nitrogens with zero attached hydrogens (tertiary/aromatic N) is 3. The van der Waals surface area contributed by atoms with E-state index in [-0.39, 0.29) is 11.9 Å². The summed E-state index contributed by atoms with van der Waals surface area (Å²) in [6, 6.07) is 10.4. The third kappa shape index (κ3) is 4.65. The van der Waals surface area contributed by atoms with Gasteiger partial charge in [0.25, 0.3) is 0 Å². The highest BCUT2D eigenvalue weighted by Crippen LogP contribution is 2.37. The molecule has 0 radical (unpaired) electrons. The maximum atomic E-state index is 14.6. The minimum Gasteiger partial charge on any atom is -0.382 e. The number of aliphatic hydroxyl groups is 1. The number of benzene rings is 2. The maximum absolute atomic E-state index is 14.6. The molecule has 0 saturated heterocycles. The number of hydrogen-bond acceptors (Lipinski definition) is 5. The molecular weight excluding hydrogens is 451 g/mol. The topological polar surface area (TPSA) is 70.9 Å². The minimum atomic E-state index is -1.12. The summed E-state index contributed by atoms with van der Waals surface area (Å²) in [7, 11) is 0. The van der Waals surface area contributed by atoms with Crippen LogP contribution in [0.3, 0.4) is 0 Å². The van der Waals surface area contributed by atoms with Crippen molar-refractivity contribution in [3.63, 3.8) is 0 Å². The van der Waals surface area contributed by atoms with E-state index in [1.165, 1.54) is 6.07 Å². The Morgan fingerprint density at radius 2 is 1.82 bits per heavy atom. The number of hydrogen-bond donors (Lipinski definition) is 2. The van der Waals surface area contributed by atoms with E-state index in [9.17, 15) is 9.50 Å². The average molecular weight is 477 g/mol. The second-order valence-corrected chi connectivity index (χ2v) is 9.20. The van der Waals surface area contributed by atoms with Crippen LogP contribution in [0, 0.1) is 12.7 Å². The van der Waals surface area contributed by atoms with Gasteiger partial charge in [0.1, 0.15) is 11.4 Å². The molecule has 7 heteroatoms. The molecule has 0 spiro atoms. The first kappa shape index (κ1) is 23.8. The Bertz CT molecular complexity index is 1380. The fourth-order valence-electron chi connectivity index (χ4n) is 3.79. The first-order valence-corrected chi connectivity index (χ1v) is 11.3. The molecule has 0 aliphatic rings. The smallest absolute Gasteiger partial charge is 0.159 e. The third-order valence-corrected chi connectivity index (χ3v) is 6.17. The lowest BCUT2D eigenvalue weighted by atomic mass is 10.0. The van der Waals surface area contributed by atoms with Gasteiger partial charge < -0.3 is 10.4 Å². The Hall–Kier alpha value is -3.35. The van der Waals surface area contributed by atoms with Crippen LogP contribution in [0.25, 0.3) is 28.1 Å². The first-order chi connectivity index (χ1) is 16.1. The molecule has 0 fully saturated rings. The Kier molecular flexibility index (Phi) is 6.39. The van der Waals surface area contributed by atoms with Crippen molar-refractivity contribution in [3.05, 3.63) is 88.9 Å². The van der Waals surface area contributed by atoms with Crippen molar-refractivity contribution in [2.45, 2.75) is 39.3 Å². The van der Waals surface area contributed by atoms with Crippen molar-refractivity contribution in [1.82, 2.24) is 15.0 Å². The van der Waals surface area contributed by atoms with E-state index in [4.69, 9.17) is 11.6 Å². The van der Waals surface area contributed by atoms with Crippen LogP contribution >= 0.6 is 11.6 Å². The van der Waals surface area contributed by atoms with E-state index >= 15 is 0 Å². The lowest BCUT2D eigenvalue weighted by molar-refractivity contribution is 0.0687. The first-order valence-electron chi connectivity index (χ1n) is 10.9. The van der Waals surface area contributed by atoms with E-state index in [1.54, 1.807) is 44.4 Å². The number of pyridine rings is 1. The molecule has 4 aromatic rings. The predicted octanol–water partition coefficient (Wildman–Crippen LogP) is 6.84. The van der Waals surface area contributed by atoms with Gasteiger partial charge in [-0.2, -0.15) is 0 Å². The molecule has 0 unspecified atom stereocenters. The van der Waals surface area contributed by atoms with Crippen LogP contribution < -0.4 is 5.32 Å². The average Bonchev–Trinajstić information content (AvgIpc) is 2.81. The summed E-state index contributed by atoms with van der Waals surface area (Å²) < 4.78 is 14.6. The molecule has 4 rings (SSSR count). The van der Waals surface area contributed by atoms with Crippen molar-refractivity contribution < 1.29 is 9.50 Å². The van der Waals surface area contributed by atoms with Crippen LogP contribution in [0.5, 0.6) is 0 Å². The number of aryl methyl sites for hydroxylation is 1. The minimum absolute atomic E-state index is 0.304. The molecule has 2 N–H and O–H groups in total. The van der Waals surface area contributed by atoms with Crippen molar-refractivity contribution in [2.24, 2.45) is 0 Å². The van der Waals surface area contributed by atoms with Crippen LogP contribution in [0.15, 0.2) is 55.4 Å². The molecule has 2 aromatic heterocycles. The summed E-state index contributed by atoms with van der Waals surface area (Å²) >= 11 is 6.68. The van der Waals surface area contributed by atoms with E-state index in [0.29, 0.717) is 27.8 Å². The molecule has 2 heterocycles. The zero-order valence-electron chi connectivity index (χ0n) is 19.5. The number of halogens is 2. The lowest BCUT2D eigenvalue weighted by Gasteiger charge is -2.21. The van der Waals surface area contributed by atoms with Gasteiger partial charge in [-0.1, -0.05) is 36.4 Å². The number of aromatic nitrogens is 3. The fourth-order valence-corrected chi connectivity index (χ4v) is 3.99. The lowest BCUT2D eigenvalue weighted by Crippen LogP contribution is -2.19. The quantitative estimate of drug-likeness (QED) is 0.319. The van der Waals surface area contributed by atoms with Gasteiger partial charge in [0.05, 0.1) is 28.0 Å². The maximum Gasteiger partial charge on any atom is 0.159 e. The molecule has 0 bridgehead atoms. The standard InChI is InChI=1S/C27H26ClFN4O/c1-6-17-7-9-22(29)20(11-17)15(2)33-25-21-12-18(8-10-23(21)32-16(3)24(25)28)19-13-30-26(31-14-19)27(4,5)34/h6-15,34H,1H2,2-5H3,(H,32,33)/t15-/m1/s1. The SMILES string of the molecule is C=Cc1ccc(F)c([C@@H](C)Nc2c(Cl)c(C)nc3ccc(-c4cnc(C(C)(C)O)nc4)cc23)c1. The molecule has 174 valence electrons. The molecule has 1 atom stereocenters. The zero-order chi connectivity index (χ0) is 24.6. The highest BCUT2D eigenvalue weighted by atomic mass is 35.5. The van der Waals surface area contributed by atoms with E-state index < -0.39 is 5.60 Å². The second kappa shape index (κ2) is 9.12. The van der Waals surface area contributed by atoms with E-state index in [0.717, 1.165) is 27.6 Å². The summed E-state index contributed by atoms with van der Waals surface area (Å²) in [6.07, 6.45) is 5.04. The number of rotatable bonds is 6. The monoisotopic (exact) mass is 476 g/mol. The molecule has 0 amide bonds. The fraction of sp³-hybridized carbons (Fsp3) is 0.222. The third-order valence-electron chi connectivity index (χ3n) is 5.71. The number of anilines is 1. The molecule has 0 aliphatic heterocycles. The summed E-state index contributed by atoms with van der Waals surface area (Å²) in [6.45, 7) is 10.8. The Morgan fingerprint density at radius 3 is 2.47 bits per heavy atom. The van der Waals surface area contributed by atoms with E-state index in [1.807, 2.05) is 32.0 Å². The zero-order valence-corrected chi connectivity index (χ0v) is 20.3. The van der Waals surface area contributed by atoms with Crippen molar-refractivity contribution in [2.75, 3.05) is 5.32 Å². The molecular formula is C27H26ClFN4O. The van der Waals surface area contributed by atoms with Crippen LogP contribution in [-0.4, -0.2) is 20.1 Å². The largest absolute Gasteiger partial charge is 0.382 e. The van der Waals surface area contributed by atoms with Crippen molar-refractivity contribution in [1.29, 1.82) is 0 Å². The molecule has 2 aromatic carbocycles. The summed E-state index contributed by atoms with van der Waals surface area (Å²) in [5.41, 5.74) is 4.00. The highest BCUT2D eigenvalue weighted by molar-refractivity contribution is 6.35. The molecule has 5 nitrogen and oxygen atoms in total. The van der Waals surface area contributed by atoms with Gasteiger partial charge in [0, 0.05) is 28.9 Å². The number of nitrogens with one attached hydrogen (secondary N) is 1. The summed E-state index contributed by atoms with van der Waals surface area (Å²) in [5, 5.41) is 14.8.